The fraction of sp³-hybridized carbons (Fsp3) is 0.733. The number of carbonyl (C=O) groups excluding carboxylic acids is 2. The zero-order chi connectivity index (χ0) is 14.1. The van der Waals surface area contributed by atoms with Gasteiger partial charge in [-0.05, 0) is 37.0 Å². The first kappa shape index (κ1) is 14.1. The molecule has 0 aromatic rings. The smallest absolute Gasteiger partial charge is 0.330 e. The van der Waals surface area contributed by atoms with Crippen molar-refractivity contribution < 1.29 is 14.3 Å². The second kappa shape index (κ2) is 4.99. The van der Waals surface area contributed by atoms with Gasteiger partial charge in [-0.25, -0.2) is 4.79 Å². The standard InChI is InChI=1S/C15H23NO3/c1-14(2)11-6-8-15(14,9-7-11)13(18)16-10-4-5-12(17)19-3/h4-5,11H,6-10H2,1-3H3,(H,16,18)/b5-4+. The van der Waals surface area contributed by atoms with E-state index in [9.17, 15) is 9.59 Å². The summed E-state index contributed by atoms with van der Waals surface area (Å²) in [4.78, 5) is 23.4. The highest BCUT2D eigenvalue weighted by Crippen LogP contribution is 2.65. The van der Waals surface area contributed by atoms with E-state index < -0.39 is 5.97 Å². The van der Waals surface area contributed by atoms with Gasteiger partial charge in [0.25, 0.3) is 0 Å². The molecule has 4 heteroatoms. The molecule has 2 rings (SSSR count). The number of carbonyl (C=O) groups is 2. The van der Waals surface area contributed by atoms with E-state index in [1.807, 2.05) is 0 Å². The predicted molar refractivity (Wildman–Crippen MR) is 72.3 cm³/mol. The molecule has 1 N–H and O–H groups in total. The molecule has 19 heavy (non-hydrogen) atoms. The van der Waals surface area contributed by atoms with E-state index in [2.05, 4.69) is 23.9 Å². The second-order valence-electron chi connectivity index (χ2n) is 6.21. The third-order valence-electron chi connectivity index (χ3n) is 5.36. The maximum atomic E-state index is 12.5. The van der Waals surface area contributed by atoms with Crippen LogP contribution in [0.4, 0.5) is 0 Å². The van der Waals surface area contributed by atoms with E-state index in [4.69, 9.17) is 0 Å². The molecule has 0 aromatic carbocycles. The van der Waals surface area contributed by atoms with Crippen LogP contribution in [0.1, 0.15) is 39.5 Å². The van der Waals surface area contributed by atoms with Crippen molar-refractivity contribution in [2.75, 3.05) is 13.7 Å². The molecule has 0 unspecified atom stereocenters. The summed E-state index contributed by atoms with van der Waals surface area (Å²) < 4.78 is 4.50. The van der Waals surface area contributed by atoms with Crippen molar-refractivity contribution in [1.82, 2.24) is 5.32 Å². The van der Waals surface area contributed by atoms with Gasteiger partial charge in [0.1, 0.15) is 0 Å². The highest BCUT2D eigenvalue weighted by atomic mass is 16.5. The SMILES string of the molecule is COC(=O)/C=C/CNC(=O)C12CCC(CC1)C2(C)C. The van der Waals surface area contributed by atoms with Crippen LogP contribution >= 0.6 is 0 Å². The van der Waals surface area contributed by atoms with Crippen LogP contribution in [-0.2, 0) is 14.3 Å². The van der Waals surface area contributed by atoms with Gasteiger partial charge >= 0.3 is 5.97 Å². The highest BCUT2D eigenvalue weighted by Gasteiger charge is 2.62. The van der Waals surface area contributed by atoms with Gasteiger partial charge in [-0.1, -0.05) is 19.9 Å². The average Bonchev–Trinajstić information content (AvgIpc) is 2.81. The maximum absolute atomic E-state index is 12.5. The van der Waals surface area contributed by atoms with Crippen LogP contribution in [0.2, 0.25) is 0 Å². The van der Waals surface area contributed by atoms with Crippen molar-refractivity contribution >= 4 is 11.9 Å². The van der Waals surface area contributed by atoms with Crippen molar-refractivity contribution in [1.29, 1.82) is 0 Å². The van der Waals surface area contributed by atoms with Gasteiger partial charge < -0.3 is 10.1 Å². The number of methoxy groups -OCH3 is 1. The normalized spacial score (nSPS) is 31.6. The quantitative estimate of drug-likeness (QED) is 0.625. The van der Waals surface area contributed by atoms with E-state index >= 15 is 0 Å². The highest BCUT2D eigenvalue weighted by molar-refractivity contribution is 5.85. The van der Waals surface area contributed by atoms with Crippen LogP contribution in [0.3, 0.4) is 0 Å². The Kier molecular flexibility index (Phi) is 3.70. The van der Waals surface area contributed by atoms with Gasteiger partial charge in [0, 0.05) is 12.6 Å². The molecule has 4 nitrogen and oxygen atoms in total. The van der Waals surface area contributed by atoms with Crippen molar-refractivity contribution in [2.45, 2.75) is 39.5 Å². The molecule has 2 saturated carbocycles. The van der Waals surface area contributed by atoms with E-state index in [1.165, 1.54) is 26.0 Å². The van der Waals surface area contributed by atoms with Crippen molar-refractivity contribution in [3.8, 4) is 0 Å². The first-order valence-corrected chi connectivity index (χ1v) is 6.97. The van der Waals surface area contributed by atoms with Gasteiger partial charge in [0.05, 0.1) is 12.5 Å². The van der Waals surface area contributed by atoms with Gasteiger partial charge in [0.15, 0.2) is 0 Å². The van der Waals surface area contributed by atoms with Crippen molar-refractivity contribution in [3.05, 3.63) is 12.2 Å². The van der Waals surface area contributed by atoms with Crippen molar-refractivity contribution in [2.24, 2.45) is 16.7 Å². The number of hydrogen-bond acceptors (Lipinski definition) is 3. The topological polar surface area (TPSA) is 55.4 Å². The molecule has 106 valence electrons. The van der Waals surface area contributed by atoms with Gasteiger partial charge in [0.2, 0.25) is 5.91 Å². The second-order valence-corrected chi connectivity index (χ2v) is 6.21. The zero-order valence-corrected chi connectivity index (χ0v) is 12.0. The monoisotopic (exact) mass is 265 g/mol. The summed E-state index contributed by atoms with van der Waals surface area (Å²) in [5.41, 5.74) is -0.0973. The minimum Gasteiger partial charge on any atom is -0.466 e. The van der Waals surface area contributed by atoms with Gasteiger partial charge in [-0.15, -0.1) is 0 Å². The average molecular weight is 265 g/mol. The first-order chi connectivity index (χ1) is 8.94. The molecule has 2 fully saturated rings. The van der Waals surface area contributed by atoms with Crippen LogP contribution in [0.15, 0.2) is 12.2 Å². The lowest BCUT2D eigenvalue weighted by molar-refractivity contribution is -0.136. The number of rotatable bonds is 4. The molecule has 2 bridgehead atoms. The van der Waals surface area contributed by atoms with E-state index in [0.29, 0.717) is 12.5 Å². The molecular weight excluding hydrogens is 242 g/mol. The molecule has 2 aliphatic carbocycles. The third-order valence-corrected chi connectivity index (χ3v) is 5.36. The lowest BCUT2D eigenvalue weighted by Crippen LogP contribution is -2.45. The maximum Gasteiger partial charge on any atom is 0.330 e. The Hall–Kier alpha value is -1.32. The van der Waals surface area contributed by atoms with Crippen LogP contribution in [0.5, 0.6) is 0 Å². The Morgan fingerprint density at radius 2 is 1.95 bits per heavy atom. The zero-order valence-electron chi connectivity index (χ0n) is 12.0. The molecule has 0 radical (unpaired) electrons. The number of ether oxygens (including phenoxy) is 1. The van der Waals surface area contributed by atoms with Crippen LogP contribution < -0.4 is 5.32 Å². The van der Waals surface area contributed by atoms with Crippen molar-refractivity contribution in [3.63, 3.8) is 0 Å². The number of esters is 1. The van der Waals surface area contributed by atoms with Crippen LogP contribution in [0.25, 0.3) is 0 Å². The van der Waals surface area contributed by atoms with Gasteiger partial charge in [-0.2, -0.15) is 0 Å². The summed E-state index contributed by atoms with van der Waals surface area (Å²) in [5, 5.41) is 2.94. The number of amides is 1. The number of hydrogen-bond donors (Lipinski definition) is 1. The molecular formula is C15H23NO3. The Morgan fingerprint density at radius 1 is 1.32 bits per heavy atom. The summed E-state index contributed by atoms with van der Waals surface area (Å²) in [6.07, 6.45) is 7.30. The number of fused-ring (bicyclic) bond motifs is 2. The molecule has 0 spiro atoms. The molecule has 0 saturated heterocycles. The molecule has 2 aliphatic rings. The Bertz CT molecular complexity index is 404. The third kappa shape index (κ3) is 2.17. The summed E-state index contributed by atoms with van der Waals surface area (Å²) in [6.45, 7) is 4.83. The van der Waals surface area contributed by atoms with E-state index in [-0.39, 0.29) is 16.7 Å². The molecule has 0 atom stereocenters. The van der Waals surface area contributed by atoms with Crippen LogP contribution in [-0.4, -0.2) is 25.5 Å². The molecule has 0 aliphatic heterocycles. The Labute approximate surface area is 114 Å². The summed E-state index contributed by atoms with van der Waals surface area (Å²) in [6, 6.07) is 0. The molecule has 0 heterocycles. The van der Waals surface area contributed by atoms with E-state index in [1.54, 1.807) is 6.08 Å². The molecule has 0 aromatic heterocycles. The minimum atomic E-state index is -0.394. The summed E-state index contributed by atoms with van der Waals surface area (Å²) in [7, 11) is 1.34. The Morgan fingerprint density at radius 3 is 2.42 bits per heavy atom. The fourth-order valence-corrected chi connectivity index (χ4v) is 3.93. The Balaban J connectivity index is 1.94. The minimum absolute atomic E-state index is 0.100. The lowest BCUT2D eigenvalue weighted by Gasteiger charge is -2.36. The molecule has 1 amide bonds. The summed E-state index contributed by atoms with van der Waals surface area (Å²) in [5.74, 6) is 0.436. The largest absolute Gasteiger partial charge is 0.466 e. The fourth-order valence-electron chi connectivity index (χ4n) is 3.93. The lowest BCUT2D eigenvalue weighted by atomic mass is 9.69. The van der Waals surface area contributed by atoms with Gasteiger partial charge in [-0.3, -0.25) is 4.79 Å². The summed E-state index contributed by atoms with van der Waals surface area (Å²) >= 11 is 0. The predicted octanol–water partition coefficient (Wildman–Crippen LogP) is 2.05. The first-order valence-electron chi connectivity index (χ1n) is 6.97. The van der Waals surface area contributed by atoms with E-state index in [0.717, 1.165) is 12.8 Å². The number of nitrogens with one attached hydrogen (secondary N) is 1. The van der Waals surface area contributed by atoms with Crippen LogP contribution in [0, 0.1) is 16.7 Å².